The Labute approximate surface area is 257 Å². The summed E-state index contributed by atoms with van der Waals surface area (Å²) < 4.78 is 37.1. The molecule has 0 unspecified atom stereocenters. The summed E-state index contributed by atoms with van der Waals surface area (Å²) in [6, 6.07) is 10.2. The molecule has 3 aliphatic heterocycles. The number of benzene rings is 2. The molecule has 228 valence electrons. The van der Waals surface area contributed by atoms with Crippen LogP contribution in [0.1, 0.15) is 19.3 Å². The molecule has 2 aromatic heterocycles. The van der Waals surface area contributed by atoms with E-state index in [9.17, 15) is 14.3 Å². The summed E-state index contributed by atoms with van der Waals surface area (Å²) in [6.07, 6.45) is 2.92. The van der Waals surface area contributed by atoms with E-state index in [2.05, 4.69) is 31.7 Å². The normalized spacial score (nSPS) is 25.1. The Balaban J connectivity index is 1.31. The van der Waals surface area contributed by atoms with Gasteiger partial charge in [-0.3, -0.25) is 14.7 Å². The number of pyridine rings is 1. The average molecular weight is 621 g/mol. The Bertz CT molecular complexity index is 1790. The van der Waals surface area contributed by atoms with E-state index in [1.165, 1.54) is 17.2 Å². The maximum absolute atomic E-state index is 16.5. The zero-order valence-corrected chi connectivity index (χ0v) is 24.6. The largest absolute Gasteiger partial charge is 0.461 e. The van der Waals surface area contributed by atoms with Crippen molar-refractivity contribution in [2.75, 3.05) is 38.1 Å². The van der Waals surface area contributed by atoms with Gasteiger partial charge in [-0.1, -0.05) is 48.5 Å². The number of nitrogens with zero attached hydrogens (tertiary/aromatic N) is 5. The first kappa shape index (κ1) is 28.8. The van der Waals surface area contributed by atoms with E-state index in [-0.39, 0.29) is 54.0 Å². The second-order valence-electron chi connectivity index (χ2n) is 11.8. The van der Waals surface area contributed by atoms with Crippen LogP contribution in [0.2, 0.25) is 5.02 Å². The molecule has 4 atom stereocenters. The molecule has 3 saturated heterocycles. The molecule has 7 rings (SSSR count). The maximum Gasteiger partial charge on any atom is 0.319 e. The van der Waals surface area contributed by atoms with E-state index in [0.717, 1.165) is 24.8 Å². The van der Waals surface area contributed by atoms with Gasteiger partial charge in [-0.15, -0.1) is 0 Å². The highest BCUT2D eigenvalue weighted by Crippen LogP contribution is 2.41. The number of nitrogens with one attached hydrogen (secondary N) is 1. The number of alkyl halides is 1. The molecule has 9 nitrogen and oxygen atoms in total. The van der Waals surface area contributed by atoms with Crippen LogP contribution >= 0.6 is 11.6 Å². The smallest absolute Gasteiger partial charge is 0.319 e. The van der Waals surface area contributed by atoms with Crippen molar-refractivity contribution in [2.45, 2.75) is 43.1 Å². The van der Waals surface area contributed by atoms with Gasteiger partial charge in [0.2, 0.25) is 5.91 Å². The van der Waals surface area contributed by atoms with Crippen LogP contribution in [0.5, 0.6) is 6.01 Å². The molecule has 0 spiro atoms. The first-order valence-electron chi connectivity index (χ1n) is 14.7. The summed E-state index contributed by atoms with van der Waals surface area (Å²) in [5.74, 6) is -0.795. The molecule has 0 saturated carbocycles. The number of carbonyl (C=O) groups excluding carboxylic acids is 1. The molecule has 0 aliphatic carbocycles. The van der Waals surface area contributed by atoms with Crippen molar-refractivity contribution in [2.24, 2.45) is 0 Å². The van der Waals surface area contributed by atoms with Gasteiger partial charge in [0.05, 0.1) is 23.1 Å². The number of β-amino-alcohol motifs (C(OH)–C–C–N with tert-alkyl or cyclic N) is 1. The summed E-state index contributed by atoms with van der Waals surface area (Å²) >= 11 is 6.55. The van der Waals surface area contributed by atoms with Crippen LogP contribution in [-0.4, -0.2) is 92.4 Å². The number of hydrogen-bond donors (Lipinski definition) is 2. The number of likely N-dealkylation sites (tertiary alicyclic amines) is 1. The lowest BCUT2D eigenvalue weighted by molar-refractivity contribution is -0.125. The molecular weight excluding hydrogens is 590 g/mol. The van der Waals surface area contributed by atoms with Gasteiger partial charge in [0.25, 0.3) is 0 Å². The standard InChI is InChI=1S/C32H31ClF2N6O3/c1-2-25(43)40-15-23(24(42)16-40)37-30-21-13-36-28(20-8-3-6-18-7-4-9-22(33)26(18)20)27(35)29(21)38-31(39-30)44-17-32-10-5-11-41(32)14-19(34)12-32/h2-4,6-9,13,19,23-24,42H,1,5,10-12,14-17H2,(H,37,38,39)/t19-,23+,24-,32+/m1/s1. The Kier molecular flexibility index (Phi) is 7.34. The molecule has 44 heavy (non-hydrogen) atoms. The van der Waals surface area contributed by atoms with Crippen molar-refractivity contribution in [3.05, 3.63) is 66.1 Å². The van der Waals surface area contributed by atoms with Gasteiger partial charge in [-0.2, -0.15) is 9.97 Å². The number of fused-ring (bicyclic) bond motifs is 3. The number of aromatic nitrogens is 3. The Morgan fingerprint density at radius 1 is 1.23 bits per heavy atom. The Morgan fingerprint density at radius 3 is 2.86 bits per heavy atom. The van der Waals surface area contributed by atoms with Gasteiger partial charge in [-0.05, 0) is 36.9 Å². The third kappa shape index (κ3) is 4.92. The van der Waals surface area contributed by atoms with Crippen molar-refractivity contribution in [1.82, 2.24) is 24.8 Å². The second kappa shape index (κ2) is 11.2. The first-order valence-corrected chi connectivity index (χ1v) is 15.1. The van der Waals surface area contributed by atoms with Crippen LogP contribution in [0.25, 0.3) is 32.9 Å². The van der Waals surface area contributed by atoms with E-state index in [1.54, 1.807) is 12.1 Å². The van der Waals surface area contributed by atoms with Gasteiger partial charge in [0.15, 0.2) is 5.82 Å². The lowest BCUT2D eigenvalue weighted by atomic mass is 9.95. The number of carbonyl (C=O) groups is 1. The van der Waals surface area contributed by atoms with Crippen LogP contribution in [0.4, 0.5) is 14.6 Å². The molecule has 1 amide bonds. The van der Waals surface area contributed by atoms with Gasteiger partial charge in [0.1, 0.15) is 29.8 Å². The van der Waals surface area contributed by atoms with E-state index in [1.807, 2.05) is 24.3 Å². The summed E-state index contributed by atoms with van der Waals surface area (Å²) in [7, 11) is 0. The van der Waals surface area contributed by atoms with Gasteiger partial charge >= 0.3 is 6.01 Å². The highest BCUT2D eigenvalue weighted by Gasteiger charge is 2.49. The van der Waals surface area contributed by atoms with Crippen molar-refractivity contribution in [1.29, 1.82) is 0 Å². The number of ether oxygens (including phenoxy) is 1. The predicted molar refractivity (Wildman–Crippen MR) is 164 cm³/mol. The molecule has 2 N–H and O–H groups in total. The number of aliphatic hydroxyl groups is 1. The third-order valence-electron chi connectivity index (χ3n) is 9.10. The van der Waals surface area contributed by atoms with E-state index in [4.69, 9.17) is 16.3 Å². The van der Waals surface area contributed by atoms with Crippen LogP contribution < -0.4 is 10.1 Å². The molecule has 0 bridgehead atoms. The first-order chi connectivity index (χ1) is 21.3. The zero-order valence-electron chi connectivity index (χ0n) is 23.8. The van der Waals surface area contributed by atoms with Crippen molar-refractivity contribution in [3.8, 4) is 17.3 Å². The Morgan fingerprint density at radius 2 is 2.05 bits per heavy atom. The maximum atomic E-state index is 16.5. The summed E-state index contributed by atoms with van der Waals surface area (Å²) in [5, 5.41) is 16.2. The zero-order chi connectivity index (χ0) is 30.6. The fourth-order valence-electron chi connectivity index (χ4n) is 6.95. The molecule has 0 radical (unpaired) electrons. The van der Waals surface area contributed by atoms with Crippen molar-refractivity contribution < 1.29 is 23.4 Å². The number of amides is 1. The molecule has 3 fully saturated rings. The highest BCUT2D eigenvalue weighted by molar-refractivity contribution is 6.36. The average Bonchev–Trinajstić information content (AvgIpc) is 3.67. The number of anilines is 1. The molecule has 12 heteroatoms. The molecule has 3 aliphatic rings. The summed E-state index contributed by atoms with van der Waals surface area (Å²) in [6.45, 7) is 5.14. The van der Waals surface area contributed by atoms with Crippen LogP contribution in [-0.2, 0) is 4.79 Å². The molecule has 5 heterocycles. The minimum atomic E-state index is -0.933. The topological polar surface area (TPSA) is 104 Å². The molecule has 2 aromatic carbocycles. The second-order valence-corrected chi connectivity index (χ2v) is 12.2. The monoisotopic (exact) mass is 620 g/mol. The van der Waals surface area contributed by atoms with Crippen LogP contribution in [0.15, 0.2) is 55.3 Å². The number of rotatable bonds is 7. The lowest BCUT2D eigenvalue weighted by Gasteiger charge is -2.30. The minimum Gasteiger partial charge on any atom is -0.461 e. The van der Waals surface area contributed by atoms with Crippen LogP contribution in [0, 0.1) is 5.82 Å². The predicted octanol–water partition coefficient (Wildman–Crippen LogP) is 4.76. The van der Waals surface area contributed by atoms with Crippen molar-refractivity contribution in [3.63, 3.8) is 0 Å². The number of hydrogen-bond acceptors (Lipinski definition) is 8. The highest BCUT2D eigenvalue weighted by atomic mass is 35.5. The Hall–Kier alpha value is -3.93. The SMILES string of the molecule is C=CC(=O)N1C[C@@H](O)[C@@H](Nc2nc(OC[C@@]34CCCN3C[C@H](F)C4)nc3c(F)c(-c4cccc5cccc(Cl)c45)ncc23)C1. The van der Waals surface area contributed by atoms with E-state index in [0.29, 0.717) is 28.9 Å². The van der Waals surface area contributed by atoms with Crippen molar-refractivity contribution >= 4 is 45.0 Å². The number of halogens is 3. The van der Waals surface area contributed by atoms with Gasteiger partial charge < -0.3 is 20.1 Å². The number of aliphatic hydroxyl groups excluding tert-OH is 1. The summed E-state index contributed by atoms with van der Waals surface area (Å²) in [5.41, 5.74) is 0.0780. The van der Waals surface area contributed by atoms with Gasteiger partial charge in [0, 0.05) is 48.2 Å². The van der Waals surface area contributed by atoms with Crippen LogP contribution in [0.3, 0.4) is 0 Å². The van der Waals surface area contributed by atoms with E-state index >= 15 is 4.39 Å². The summed E-state index contributed by atoms with van der Waals surface area (Å²) in [4.78, 5) is 29.3. The third-order valence-corrected chi connectivity index (χ3v) is 9.42. The minimum absolute atomic E-state index is 0.0337. The fraction of sp³-hybridized carbons (Fsp3) is 0.375. The molecule has 4 aromatic rings. The lowest BCUT2D eigenvalue weighted by Crippen LogP contribution is -2.43. The quantitative estimate of drug-likeness (QED) is 0.285. The van der Waals surface area contributed by atoms with E-state index < -0.39 is 29.7 Å². The fourth-order valence-corrected chi connectivity index (χ4v) is 7.24. The molecular formula is C32H31ClF2N6O3. The van der Waals surface area contributed by atoms with Gasteiger partial charge in [-0.25, -0.2) is 8.78 Å².